The van der Waals surface area contributed by atoms with Crippen LogP contribution in [0.5, 0.6) is 0 Å². The molecule has 0 saturated heterocycles. The molecule has 0 radical (unpaired) electrons. The number of hydrogen-bond acceptors (Lipinski definition) is 2. The Morgan fingerprint density at radius 2 is 0.804 bits per heavy atom. The maximum Gasteiger partial charge on any atom is 0.0788 e. The quantitative estimate of drug-likeness (QED) is 0.167. The van der Waals surface area contributed by atoms with Gasteiger partial charge in [-0.05, 0) is 80.9 Å². The molecule has 10 rings (SSSR count). The molecule has 238 valence electrons. The summed E-state index contributed by atoms with van der Waals surface area (Å²) in [5, 5.41) is 6.27. The molecule has 0 spiro atoms. The summed E-state index contributed by atoms with van der Waals surface area (Å²) in [4.78, 5) is 5.16. The molecule has 8 aromatic carbocycles. The van der Waals surface area contributed by atoms with E-state index in [0.717, 1.165) is 16.8 Å². The molecule has 0 atom stereocenters. The Labute approximate surface area is 300 Å². The van der Waals surface area contributed by atoms with E-state index in [4.69, 9.17) is 4.98 Å². The second-order valence-electron chi connectivity index (χ2n) is 13.1. The first kappa shape index (κ1) is 29.6. The predicted octanol–water partition coefficient (Wildman–Crippen LogP) is 14.1. The number of benzene rings is 8. The van der Waals surface area contributed by atoms with Gasteiger partial charge in [-0.25, -0.2) is 4.98 Å². The van der Waals surface area contributed by atoms with Crippen molar-refractivity contribution in [1.82, 2.24) is 4.98 Å². The number of nitrogens with zero attached hydrogens (tertiary/aromatic N) is 1. The number of aromatic nitrogens is 1. The molecule has 0 aliphatic heterocycles. The van der Waals surface area contributed by atoms with E-state index in [-0.39, 0.29) is 0 Å². The Morgan fingerprint density at radius 3 is 1.43 bits per heavy atom. The lowest BCUT2D eigenvalue weighted by atomic mass is 9.92. The molecule has 1 nitrogen and oxygen atoms in total. The van der Waals surface area contributed by atoms with E-state index < -0.39 is 0 Å². The second-order valence-corrected chi connectivity index (χ2v) is 14.2. The highest BCUT2D eigenvalue weighted by Gasteiger charge is 2.16. The van der Waals surface area contributed by atoms with E-state index >= 15 is 0 Å². The van der Waals surface area contributed by atoms with Crippen molar-refractivity contribution in [3.63, 3.8) is 0 Å². The number of para-hydroxylation sites is 1. The lowest BCUT2D eigenvalue weighted by Crippen LogP contribution is -1.89. The number of thiophene rings is 1. The molecular formula is C49H31NS. The third-order valence-corrected chi connectivity index (χ3v) is 11.3. The summed E-state index contributed by atoms with van der Waals surface area (Å²) < 4.78 is 2.62. The molecule has 0 saturated carbocycles. The normalized spacial score (nSPS) is 11.5. The van der Waals surface area contributed by atoms with Gasteiger partial charge in [-0.1, -0.05) is 152 Å². The van der Waals surface area contributed by atoms with Crippen molar-refractivity contribution in [1.29, 1.82) is 0 Å². The largest absolute Gasteiger partial charge is 0.247 e. The van der Waals surface area contributed by atoms with Crippen LogP contribution in [0.1, 0.15) is 0 Å². The van der Waals surface area contributed by atoms with Crippen molar-refractivity contribution >= 4 is 53.2 Å². The first-order valence-electron chi connectivity index (χ1n) is 17.4. The second kappa shape index (κ2) is 12.2. The summed E-state index contributed by atoms with van der Waals surface area (Å²) in [6, 6.07) is 68.0. The molecule has 0 aliphatic rings. The van der Waals surface area contributed by atoms with Gasteiger partial charge in [-0.15, -0.1) is 11.3 Å². The van der Waals surface area contributed by atoms with Gasteiger partial charge in [0.2, 0.25) is 0 Å². The molecule has 0 fully saturated rings. The zero-order chi connectivity index (χ0) is 33.7. The molecule has 2 heteroatoms. The van der Waals surface area contributed by atoms with Crippen LogP contribution in [0.4, 0.5) is 0 Å². The molecule has 0 aliphatic carbocycles. The number of fused-ring (bicyclic) bond motifs is 7. The Morgan fingerprint density at radius 1 is 0.314 bits per heavy atom. The van der Waals surface area contributed by atoms with E-state index in [2.05, 4.69) is 188 Å². The molecule has 10 aromatic rings. The van der Waals surface area contributed by atoms with Crippen LogP contribution in [0.2, 0.25) is 0 Å². The zero-order valence-corrected chi connectivity index (χ0v) is 28.6. The topological polar surface area (TPSA) is 12.9 Å². The van der Waals surface area contributed by atoms with E-state index in [0.29, 0.717) is 0 Å². The SMILES string of the molecule is c1ccc(-c2cc(-c3ccccc3)cc(-c3ccc(-c4ccc5sc6c(ccc7c(-c8ccccc8)nc8ccccc8c76)c5c4)cc3)c2)cc1. The van der Waals surface area contributed by atoms with Gasteiger partial charge in [0, 0.05) is 41.9 Å². The van der Waals surface area contributed by atoms with Crippen LogP contribution in [-0.2, 0) is 0 Å². The summed E-state index contributed by atoms with van der Waals surface area (Å²) in [5.74, 6) is 0. The van der Waals surface area contributed by atoms with Gasteiger partial charge < -0.3 is 0 Å². The Kier molecular flexibility index (Phi) is 7.07. The maximum absolute atomic E-state index is 5.16. The summed E-state index contributed by atoms with van der Waals surface area (Å²) in [5.41, 5.74) is 12.9. The fourth-order valence-electron chi connectivity index (χ4n) is 7.51. The number of pyridine rings is 1. The van der Waals surface area contributed by atoms with Crippen molar-refractivity contribution in [3.8, 4) is 55.8 Å². The standard InChI is InChI=1S/C49H31NS/c1-4-12-32(13-5-1)38-28-39(33-14-6-2-7-15-33)30-40(29-38)35-22-20-34(21-23-35)37-24-27-46-44(31-37)41-25-26-43-47(49(41)51-46)42-18-10-11-19-45(42)50-48(43)36-16-8-3-9-17-36/h1-31H. The Bertz CT molecular complexity index is 2810. The number of rotatable bonds is 5. The van der Waals surface area contributed by atoms with Crippen molar-refractivity contribution < 1.29 is 0 Å². The highest BCUT2D eigenvalue weighted by molar-refractivity contribution is 7.26. The van der Waals surface area contributed by atoms with Gasteiger partial charge >= 0.3 is 0 Å². The average molecular weight is 666 g/mol. The molecule has 51 heavy (non-hydrogen) atoms. The van der Waals surface area contributed by atoms with Crippen LogP contribution in [0.25, 0.3) is 97.6 Å². The minimum Gasteiger partial charge on any atom is -0.247 e. The van der Waals surface area contributed by atoms with E-state index in [1.807, 2.05) is 11.3 Å². The molecule has 2 aromatic heterocycles. The smallest absolute Gasteiger partial charge is 0.0788 e. The molecule has 0 amide bonds. The van der Waals surface area contributed by atoms with E-state index in [9.17, 15) is 0 Å². The fourth-order valence-corrected chi connectivity index (χ4v) is 8.75. The van der Waals surface area contributed by atoms with Gasteiger partial charge in [0.1, 0.15) is 0 Å². The van der Waals surface area contributed by atoms with Crippen LogP contribution < -0.4 is 0 Å². The lowest BCUT2D eigenvalue weighted by Gasteiger charge is -2.12. The number of hydrogen-bond donors (Lipinski definition) is 0. The monoisotopic (exact) mass is 665 g/mol. The van der Waals surface area contributed by atoms with Crippen molar-refractivity contribution in [3.05, 3.63) is 188 Å². The molecule has 0 N–H and O–H groups in total. The minimum atomic E-state index is 1.03. The molecule has 0 unspecified atom stereocenters. The van der Waals surface area contributed by atoms with Gasteiger partial charge in [0.15, 0.2) is 0 Å². The third kappa shape index (κ3) is 5.20. The summed E-state index contributed by atoms with van der Waals surface area (Å²) in [6.45, 7) is 0. The highest BCUT2D eigenvalue weighted by Crippen LogP contribution is 2.44. The van der Waals surface area contributed by atoms with E-state index in [1.165, 1.54) is 80.8 Å². The maximum atomic E-state index is 5.16. The minimum absolute atomic E-state index is 1.03. The molecule has 2 heterocycles. The highest BCUT2D eigenvalue weighted by atomic mass is 32.1. The average Bonchev–Trinajstić information content (AvgIpc) is 3.59. The van der Waals surface area contributed by atoms with Crippen LogP contribution in [0.3, 0.4) is 0 Å². The van der Waals surface area contributed by atoms with Crippen molar-refractivity contribution in [2.45, 2.75) is 0 Å². The van der Waals surface area contributed by atoms with Gasteiger partial charge in [-0.2, -0.15) is 0 Å². The van der Waals surface area contributed by atoms with E-state index in [1.54, 1.807) is 0 Å². The Hall–Kier alpha value is -6.35. The summed E-state index contributed by atoms with van der Waals surface area (Å²) in [6.07, 6.45) is 0. The fraction of sp³-hybridized carbons (Fsp3) is 0. The van der Waals surface area contributed by atoms with Crippen LogP contribution in [0.15, 0.2) is 188 Å². The summed E-state index contributed by atoms with van der Waals surface area (Å²) in [7, 11) is 0. The van der Waals surface area contributed by atoms with Gasteiger partial charge in [0.05, 0.1) is 11.2 Å². The van der Waals surface area contributed by atoms with Crippen molar-refractivity contribution in [2.24, 2.45) is 0 Å². The summed E-state index contributed by atoms with van der Waals surface area (Å²) >= 11 is 1.88. The predicted molar refractivity (Wildman–Crippen MR) is 219 cm³/mol. The third-order valence-electron chi connectivity index (χ3n) is 10.0. The van der Waals surface area contributed by atoms with Gasteiger partial charge in [0.25, 0.3) is 0 Å². The van der Waals surface area contributed by atoms with Crippen LogP contribution >= 0.6 is 11.3 Å². The van der Waals surface area contributed by atoms with Gasteiger partial charge in [-0.3, -0.25) is 0 Å². The zero-order valence-electron chi connectivity index (χ0n) is 27.8. The van der Waals surface area contributed by atoms with Crippen LogP contribution in [0, 0.1) is 0 Å². The Balaban J connectivity index is 1.08. The first-order chi connectivity index (χ1) is 25.3. The lowest BCUT2D eigenvalue weighted by molar-refractivity contribution is 1.43. The molecular weight excluding hydrogens is 635 g/mol. The molecule has 0 bridgehead atoms. The van der Waals surface area contributed by atoms with Crippen LogP contribution in [-0.4, -0.2) is 4.98 Å². The van der Waals surface area contributed by atoms with Crippen molar-refractivity contribution in [2.75, 3.05) is 0 Å². The first-order valence-corrected chi connectivity index (χ1v) is 18.2.